The SMILES string of the molecule is O=S(=O)(O)c1cc(N2CCCC2)ccc1C=Cc1nc2ccccc2s1. The number of benzene rings is 2. The number of thiazole rings is 1. The summed E-state index contributed by atoms with van der Waals surface area (Å²) in [6, 6.07) is 13.0. The Morgan fingerprint density at radius 2 is 1.85 bits per heavy atom. The van der Waals surface area contributed by atoms with Crippen molar-refractivity contribution in [3.05, 3.63) is 53.0 Å². The number of rotatable bonds is 4. The molecule has 0 spiro atoms. The lowest BCUT2D eigenvalue weighted by Crippen LogP contribution is -2.18. The van der Waals surface area contributed by atoms with Gasteiger partial charge in [0.15, 0.2) is 0 Å². The van der Waals surface area contributed by atoms with E-state index in [-0.39, 0.29) is 4.90 Å². The zero-order chi connectivity index (χ0) is 18.1. The van der Waals surface area contributed by atoms with E-state index in [1.165, 1.54) is 11.3 Å². The van der Waals surface area contributed by atoms with Crippen LogP contribution in [0.2, 0.25) is 0 Å². The topological polar surface area (TPSA) is 70.5 Å². The smallest absolute Gasteiger partial charge is 0.295 e. The van der Waals surface area contributed by atoms with Crippen LogP contribution in [0.4, 0.5) is 5.69 Å². The van der Waals surface area contributed by atoms with Crippen molar-refractivity contribution in [3.63, 3.8) is 0 Å². The van der Waals surface area contributed by atoms with Crippen LogP contribution < -0.4 is 4.90 Å². The molecule has 26 heavy (non-hydrogen) atoms. The van der Waals surface area contributed by atoms with E-state index in [2.05, 4.69) is 9.88 Å². The third-order valence-electron chi connectivity index (χ3n) is 4.46. The Hall–Kier alpha value is -2.22. The predicted molar refractivity (Wildman–Crippen MR) is 106 cm³/mol. The van der Waals surface area contributed by atoms with E-state index in [0.717, 1.165) is 46.8 Å². The molecule has 1 aliphatic heterocycles. The van der Waals surface area contributed by atoms with Crippen LogP contribution in [0.15, 0.2) is 47.4 Å². The number of aromatic nitrogens is 1. The van der Waals surface area contributed by atoms with Crippen LogP contribution in [0.1, 0.15) is 23.4 Å². The maximum Gasteiger partial charge on any atom is 0.295 e. The molecule has 0 amide bonds. The standard InChI is InChI=1S/C19H18N2O3S2/c22-26(23,24)18-13-15(21-11-3-4-12-21)9-7-14(18)8-10-19-20-16-5-1-2-6-17(16)25-19/h1-2,5-10,13H,3-4,11-12H2,(H,22,23,24). The molecule has 1 saturated heterocycles. The van der Waals surface area contributed by atoms with Gasteiger partial charge < -0.3 is 4.90 Å². The average molecular weight is 386 g/mol. The zero-order valence-electron chi connectivity index (χ0n) is 14.0. The fourth-order valence-corrected chi connectivity index (χ4v) is 4.75. The van der Waals surface area contributed by atoms with Crippen molar-refractivity contribution in [1.82, 2.24) is 4.98 Å². The molecule has 1 aromatic heterocycles. The van der Waals surface area contributed by atoms with Crippen molar-refractivity contribution >= 4 is 49.5 Å². The largest absolute Gasteiger partial charge is 0.371 e. The summed E-state index contributed by atoms with van der Waals surface area (Å²) in [6.45, 7) is 1.82. The van der Waals surface area contributed by atoms with E-state index in [0.29, 0.717) is 5.56 Å². The summed E-state index contributed by atoms with van der Waals surface area (Å²) in [4.78, 5) is 6.58. The number of hydrogen-bond acceptors (Lipinski definition) is 5. The fourth-order valence-electron chi connectivity index (χ4n) is 3.18. The predicted octanol–water partition coefficient (Wildman–Crippen LogP) is 4.31. The van der Waals surface area contributed by atoms with Gasteiger partial charge in [0.05, 0.1) is 10.2 Å². The first-order valence-corrected chi connectivity index (χ1v) is 10.7. The van der Waals surface area contributed by atoms with Gasteiger partial charge in [-0.15, -0.1) is 11.3 Å². The fraction of sp³-hybridized carbons (Fsp3) is 0.211. The Bertz CT molecular complexity index is 1050. The summed E-state index contributed by atoms with van der Waals surface area (Å²) in [6.07, 6.45) is 5.67. The Morgan fingerprint density at radius 1 is 1.08 bits per heavy atom. The highest BCUT2D eigenvalue weighted by molar-refractivity contribution is 7.86. The van der Waals surface area contributed by atoms with Crippen LogP contribution in [-0.4, -0.2) is 31.0 Å². The van der Waals surface area contributed by atoms with Crippen LogP contribution in [0.3, 0.4) is 0 Å². The first-order valence-electron chi connectivity index (χ1n) is 8.41. The molecule has 2 aromatic carbocycles. The van der Waals surface area contributed by atoms with Gasteiger partial charge in [-0.25, -0.2) is 4.98 Å². The van der Waals surface area contributed by atoms with Crippen LogP contribution in [0.25, 0.3) is 22.4 Å². The van der Waals surface area contributed by atoms with Crippen molar-refractivity contribution < 1.29 is 13.0 Å². The Kier molecular flexibility index (Phi) is 4.52. The van der Waals surface area contributed by atoms with Crippen molar-refractivity contribution in [2.75, 3.05) is 18.0 Å². The second-order valence-electron chi connectivity index (χ2n) is 6.24. The molecular formula is C19H18N2O3S2. The summed E-state index contributed by atoms with van der Waals surface area (Å²) in [5.74, 6) is 0. The van der Waals surface area contributed by atoms with Crippen LogP contribution in [-0.2, 0) is 10.1 Å². The van der Waals surface area contributed by atoms with Crippen molar-refractivity contribution in [2.24, 2.45) is 0 Å². The Balaban J connectivity index is 1.70. The van der Waals surface area contributed by atoms with Gasteiger partial charge in [-0.3, -0.25) is 4.55 Å². The summed E-state index contributed by atoms with van der Waals surface area (Å²) < 4.78 is 34.5. The summed E-state index contributed by atoms with van der Waals surface area (Å²) >= 11 is 1.54. The van der Waals surface area contributed by atoms with Gasteiger partial charge in [-0.1, -0.05) is 24.3 Å². The van der Waals surface area contributed by atoms with Gasteiger partial charge in [-0.05, 0) is 48.7 Å². The molecule has 0 unspecified atom stereocenters. The van der Waals surface area contributed by atoms with E-state index in [9.17, 15) is 13.0 Å². The number of para-hydroxylation sites is 1. The van der Waals surface area contributed by atoms with E-state index >= 15 is 0 Å². The van der Waals surface area contributed by atoms with E-state index in [1.807, 2.05) is 30.3 Å². The summed E-state index contributed by atoms with van der Waals surface area (Å²) in [5, 5.41) is 0.788. The summed E-state index contributed by atoms with van der Waals surface area (Å²) in [7, 11) is -4.31. The number of anilines is 1. The number of nitrogens with zero attached hydrogens (tertiary/aromatic N) is 2. The summed E-state index contributed by atoms with van der Waals surface area (Å²) in [5.41, 5.74) is 2.19. The molecule has 1 N–H and O–H groups in total. The molecule has 0 saturated carbocycles. The highest BCUT2D eigenvalue weighted by Crippen LogP contribution is 2.28. The molecule has 1 fully saturated rings. The van der Waals surface area contributed by atoms with Crippen molar-refractivity contribution in [2.45, 2.75) is 17.7 Å². The van der Waals surface area contributed by atoms with Crippen LogP contribution in [0, 0.1) is 0 Å². The third-order valence-corrected chi connectivity index (χ3v) is 6.37. The van der Waals surface area contributed by atoms with Gasteiger partial charge >= 0.3 is 0 Å². The second-order valence-corrected chi connectivity index (χ2v) is 8.70. The van der Waals surface area contributed by atoms with Gasteiger partial charge in [-0.2, -0.15) is 8.42 Å². The van der Waals surface area contributed by atoms with Crippen LogP contribution >= 0.6 is 11.3 Å². The first kappa shape index (κ1) is 17.2. The monoisotopic (exact) mass is 386 g/mol. The molecule has 5 nitrogen and oxygen atoms in total. The lowest BCUT2D eigenvalue weighted by Gasteiger charge is -2.18. The number of fused-ring (bicyclic) bond motifs is 1. The molecule has 0 radical (unpaired) electrons. The molecule has 3 aromatic rings. The molecule has 0 aliphatic carbocycles. The van der Waals surface area contributed by atoms with Gasteiger partial charge in [0, 0.05) is 18.8 Å². The molecule has 4 rings (SSSR count). The van der Waals surface area contributed by atoms with Gasteiger partial charge in [0.25, 0.3) is 10.1 Å². The van der Waals surface area contributed by atoms with E-state index < -0.39 is 10.1 Å². The van der Waals surface area contributed by atoms with Gasteiger partial charge in [0.2, 0.25) is 0 Å². The van der Waals surface area contributed by atoms with E-state index in [1.54, 1.807) is 24.3 Å². The molecule has 1 aliphatic rings. The zero-order valence-corrected chi connectivity index (χ0v) is 15.6. The normalized spacial score (nSPS) is 15.3. The second kappa shape index (κ2) is 6.83. The molecule has 0 atom stereocenters. The minimum absolute atomic E-state index is 0.0701. The Labute approximate surface area is 156 Å². The molecule has 134 valence electrons. The third kappa shape index (κ3) is 3.51. The Morgan fingerprint density at radius 3 is 2.58 bits per heavy atom. The lowest BCUT2D eigenvalue weighted by atomic mass is 10.2. The van der Waals surface area contributed by atoms with Crippen LogP contribution in [0.5, 0.6) is 0 Å². The quantitative estimate of drug-likeness (QED) is 0.677. The van der Waals surface area contributed by atoms with Crippen molar-refractivity contribution in [3.8, 4) is 0 Å². The average Bonchev–Trinajstić information content (AvgIpc) is 3.28. The lowest BCUT2D eigenvalue weighted by molar-refractivity contribution is 0.483. The highest BCUT2D eigenvalue weighted by atomic mass is 32.2. The number of hydrogen-bond donors (Lipinski definition) is 1. The minimum Gasteiger partial charge on any atom is -0.371 e. The molecule has 7 heteroatoms. The van der Waals surface area contributed by atoms with Gasteiger partial charge in [0.1, 0.15) is 9.90 Å². The minimum atomic E-state index is -4.31. The maximum absolute atomic E-state index is 11.9. The first-order chi connectivity index (χ1) is 12.5. The molecular weight excluding hydrogens is 368 g/mol. The van der Waals surface area contributed by atoms with E-state index in [4.69, 9.17) is 0 Å². The molecule has 2 heterocycles. The highest BCUT2D eigenvalue weighted by Gasteiger charge is 2.19. The van der Waals surface area contributed by atoms with Crippen molar-refractivity contribution in [1.29, 1.82) is 0 Å². The molecule has 0 bridgehead atoms. The maximum atomic E-state index is 11.9.